The van der Waals surface area contributed by atoms with E-state index in [9.17, 15) is 4.79 Å². The fraction of sp³-hybridized carbons (Fsp3) is 0.600. The van der Waals surface area contributed by atoms with Crippen LogP contribution in [0.1, 0.15) is 25.0 Å². The fourth-order valence-electron chi connectivity index (χ4n) is 1.75. The van der Waals surface area contributed by atoms with E-state index in [4.69, 9.17) is 4.52 Å². The number of hydrogen-bond acceptors (Lipinski definition) is 4. The second kappa shape index (κ2) is 4.93. The van der Waals surface area contributed by atoms with Crippen molar-refractivity contribution >= 4 is 5.91 Å². The van der Waals surface area contributed by atoms with Gasteiger partial charge in [0.05, 0.1) is 12.7 Å². The predicted molar refractivity (Wildman–Crippen MR) is 54.0 cm³/mol. The molecule has 1 amide bonds. The number of carbonyl (C=O) groups excluding carboxylic acids is 1. The van der Waals surface area contributed by atoms with Crippen LogP contribution in [-0.2, 0) is 11.3 Å². The van der Waals surface area contributed by atoms with Crippen molar-refractivity contribution in [1.82, 2.24) is 15.8 Å². The molecule has 1 aromatic heterocycles. The van der Waals surface area contributed by atoms with E-state index in [1.807, 2.05) is 0 Å². The van der Waals surface area contributed by atoms with Gasteiger partial charge < -0.3 is 15.2 Å². The molecule has 1 fully saturated rings. The molecule has 1 aliphatic rings. The van der Waals surface area contributed by atoms with E-state index in [1.54, 1.807) is 12.3 Å². The number of nitrogens with one attached hydrogen (secondary N) is 2. The third kappa shape index (κ3) is 3.06. The summed E-state index contributed by atoms with van der Waals surface area (Å²) in [7, 11) is 0. The minimum Gasteiger partial charge on any atom is -0.360 e. The van der Waals surface area contributed by atoms with Crippen LogP contribution < -0.4 is 10.6 Å². The standard InChI is InChI=1S/C10H15N3O2/c14-10(6-8-2-1-4-11-8)12-7-9-3-5-13-15-9/h3,5,8,11H,1-2,4,6-7H2,(H,12,14). The molecule has 0 radical (unpaired) electrons. The first kappa shape index (κ1) is 10.2. The summed E-state index contributed by atoms with van der Waals surface area (Å²) in [5, 5.41) is 9.65. The van der Waals surface area contributed by atoms with E-state index >= 15 is 0 Å². The number of hydrogen-bond donors (Lipinski definition) is 2. The van der Waals surface area contributed by atoms with Crippen molar-refractivity contribution in [2.24, 2.45) is 0 Å². The highest BCUT2D eigenvalue weighted by molar-refractivity contribution is 5.76. The molecule has 5 nitrogen and oxygen atoms in total. The van der Waals surface area contributed by atoms with Gasteiger partial charge in [-0.15, -0.1) is 0 Å². The molecular weight excluding hydrogens is 194 g/mol. The second-order valence-corrected chi connectivity index (χ2v) is 3.75. The highest BCUT2D eigenvalue weighted by Gasteiger charge is 2.17. The van der Waals surface area contributed by atoms with E-state index in [0.717, 1.165) is 13.0 Å². The lowest BCUT2D eigenvalue weighted by Crippen LogP contribution is -2.31. The van der Waals surface area contributed by atoms with Crippen LogP contribution in [-0.4, -0.2) is 23.7 Å². The maximum absolute atomic E-state index is 11.5. The van der Waals surface area contributed by atoms with Crippen LogP contribution in [0.2, 0.25) is 0 Å². The Balaban J connectivity index is 1.68. The third-order valence-corrected chi connectivity index (χ3v) is 2.55. The molecule has 2 N–H and O–H groups in total. The highest BCUT2D eigenvalue weighted by atomic mass is 16.5. The molecule has 15 heavy (non-hydrogen) atoms. The molecule has 5 heteroatoms. The molecular formula is C10H15N3O2. The summed E-state index contributed by atoms with van der Waals surface area (Å²) >= 11 is 0. The Morgan fingerprint density at radius 2 is 2.67 bits per heavy atom. The average Bonchev–Trinajstić information content (AvgIpc) is 2.86. The number of carbonyl (C=O) groups is 1. The number of rotatable bonds is 4. The van der Waals surface area contributed by atoms with Gasteiger partial charge in [0.2, 0.25) is 5.91 Å². The number of nitrogens with zero attached hydrogens (tertiary/aromatic N) is 1. The zero-order valence-corrected chi connectivity index (χ0v) is 8.53. The topological polar surface area (TPSA) is 67.2 Å². The highest BCUT2D eigenvalue weighted by Crippen LogP contribution is 2.08. The van der Waals surface area contributed by atoms with E-state index in [2.05, 4.69) is 15.8 Å². The van der Waals surface area contributed by atoms with E-state index < -0.39 is 0 Å². The van der Waals surface area contributed by atoms with E-state index in [0.29, 0.717) is 24.8 Å². The van der Waals surface area contributed by atoms with Crippen LogP contribution in [0.25, 0.3) is 0 Å². The second-order valence-electron chi connectivity index (χ2n) is 3.75. The monoisotopic (exact) mass is 209 g/mol. The lowest BCUT2D eigenvalue weighted by atomic mass is 10.1. The SMILES string of the molecule is O=C(CC1CCCN1)NCc1ccno1. The maximum Gasteiger partial charge on any atom is 0.221 e. The smallest absolute Gasteiger partial charge is 0.221 e. The normalized spacial score (nSPS) is 20.4. The van der Waals surface area contributed by atoms with Gasteiger partial charge in [-0.3, -0.25) is 4.79 Å². The Hall–Kier alpha value is -1.36. The Kier molecular flexibility index (Phi) is 3.34. The summed E-state index contributed by atoms with van der Waals surface area (Å²) in [5.41, 5.74) is 0. The summed E-state index contributed by atoms with van der Waals surface area (Å²) < 4.78 is 4.87. The average molecular weight is 209 g/mol. The van der Waals surface area contributed by atoms with Crippen molar-refractivity contribution in [3.63, 3.8) is 0 Å². The van der Waals surface area contributed by atoms with Crippen molar-refractivity contribution in [3.8, 4) is 0 Å². The summed E-state index contributed by atoms with van der Waals surface area (Å²) in [4.78, 5) is 11.5. The van der Waals surface area contributed by atoms with Gasteiger partial charge in [0, 0.05) is 18.5 Å². The summed E-state index contributed by atoms with van der Waals surface area (Å²) in [6, 6.07) is 2.09. The fourth-order valence-corrected chi connectivity index (χ4v) is 1.75. The summed E-state index contributed by atoms with van der Waals surface area (Å²) in [5.74, 6) is 0.744. The first-order valence-electron chi connectivity index (χ1n) is 5.24. The zero-order valence-electron chi connectivity index (χ0n) is 8.53. The molecule has 0 bridgehead atoms. The zero-order chi connectivity index (χ0) is 10.5. The molecule has 0 spiro atoms. The van der Waals surface area contributed by atoms with Gasteiger partial charge in [-0.05, 0) is 19.4 Å². The molecule has 1 unspecified atom stereocenters. The van der Waals surface area contributed by atoms with Gasteiger partial charge in [-0.2, -0.15) is 0 Å². The molecule has 2 rings (SSSR count). The minimum atomic E-state index is 0.0609. The predicted octanol–water partition coefficient (Wildman–Crippen LogP) is 0.433. The molecule has 1 saturated heterocycles. The lowest BCUT2D eigenvalue weighted by Gasteiger charge is -2.09. The van der Waals surface area contributed by atoms with Crippen LogP contribution in [0.5, 0.6) is 0 Å². The van der Waals surface area contributed by atoms with E-state index in [1.165, 1.54) is 6.42 Å². The van der Waals surface area contributed by atoms with Crippen LogP contribution in [0, 0.1) is 0 Å². The first-order chi connectivity index (χ1) is 7.34. The van der Waals surface area contributed by atoms with Gasteiger partial charge in [0.1, 0.15) is 0 Å². The van der Waals surface area contributed by atoms with Crippen LogP contribution in [0.15, 0.2) is 16.8 Å². The molecule has 1 atom stereocenters. The van der Waals surface area contributed by atoms with Crippen molar-refractivity contribution in [1.29, 1.82) is 0 Å². The van der Waals surface area contributed by atoms with Gasteiger partial charge in [-0.1, -0.05) is 5.16 Å². The maximum atomic E-state index is 11.5. The molecule has 1 aromatic rings. The molecule has 0 aliphatic carbocycles. The van der Waals surface area contributed by atoms with E-state index in [-0.39, 0.29) is 5.91 Å². The number of aromatic nitrogens is 1. The number of amides is 1. The first-order valence-corrected chi connectivity index (χ1v) is 5.24. The molecule has 82 valence electrons. The summed E-state index contributed by atoms with van der Waals surface area (Å²) in [6.07, 6.45) is 4.38. The molecule has 1 aliphatic heterocycles. The van der Waals surface area contributed by atoms with Gasteiger partial charge in [0.15, 0.2) is 5.76 Å². The Labute approximate surface area is 88.2 Å². The molecule has 0 saturated carbocycles. The molecule has 2 heterocycles. The Morgan fingerprint density at radius 3 is 3.33 bits per heavy atom. The Bertz CT molecular complexity index is 304. The Morgan fingerprint density at radius 1 is 1.73 bits per heavy atom. The van der Waals surface area contributed by atoms with Crippen LogP contribution >= 0.6 is 0 Å². The van der Waals surface area contributed by atoms with Crippen molar-refractivity contribution < 1.29 is 9.32 Å². The minimum absolute atomic E-state index is 0.0609. The lowest BCUT2D eigenvalue weighted by molar-refractivity contribution is -0.121. The van der Waals surface area contributed by atoms with Gasteiger partial charge in [-0.25, -0.2) is 0 Å². The molecule has 0 aromatic carbocycles. The quantitative estimate of drug-likeness (QED) is 0.754. The van der Waals surface area contributed by atoms with Gasteiger partial charge >= 0.3 is 0 Å². The largest absolute Gasteiger partial charge is 0.360 e. The van der Waals surface area contributed by atoms with Crippen molar-refractivity contribution in [3.05, 3.63) is 18.0 Å². The van der Waals surface area contributed by atoms with Crippen LogP contribution in [0.4, 0.5) is 0 Å². The summed E-state index contributed by atoms with van der Waals surface area (Å²) in [6.45, 7) is 1.45. The van der Waals surface area contributed by atoms with Crippen molar-refractivity contribution in [2.75, 3.05) is 6.54 Å². The van der Waals surface area contributed by atoms with Crippen LogP contribution in [0.3, 0.4) is 0 Å². The van der Waals surface area contributed by atoms with Crippen molar-refractivity contribution in [2.45, 2.75) is 31.8 Å². The third-order valence-electron chi connectivity index (χ3n) is 2.55. The van der Waals surface area contributed by atoms with Gasteiger partial charge in [0.25, 0.3) is 0 Å².